The van der Waals surface area contributed by atoms with Crippen LogP contribution in [0.5, 0.6) is 0 Å². The molecule has 0 N–H and O–H groups in total. The van der Waals surface area contributed by atoms with E-state index in [4.69, 9.17) is 0 Å². The Kier molecular flexibility index (Phi) is 1.92. The first-order chi connectivity index (χ1) is 4.33. The molecule has 0 atom stereocenters. The molecule has 0 heteroatoms. The van der Waals surface area contributed by atoms with E-state index in [1.165, 1.54) is 11.1 Å². The fraction of sp³-hybridized carbons (Fsp3) is 0.444. The quantitative estimate of drug-likeness (QED) is 0.467. The molecular formula is C9H12. The van der Waals surface area contributed by atoms with E-state index < -0.39 is 0 Å². The standard InChI is InChI=1S/C9H12/c1-3-9-6-4-8(2)5-7-9/h6-7H,3-4H2,1-2H3. The number of allylic oxidation sites excluding steroid dienone is 3. The summed E-state index contributed by atoms with van der Waals surface area (Å²) in [6.07, 6.45) is 6.59. The smallest absolute Gasteiger partial charge is 0.00593 e. The highest BCUT2D eigenvalue weighted by molar-refractivity contribution is 5.25. The number of rotatable bonds is 1. The van der Waals surface area contributed by atoms with Gasteiger partial charge < -0.3 is 0 Å². The van der Waals surface area contributed by atoms with Crippen LogP contribution in [0.15, 0.2) is 29.0 Å². The van der Waals surface area contributed by atoms with Crippen molar-refractivity contribution >= 4 is 0 Å². The minimum atomic E-state index is 1.10. The number of hydrogen-bond donors (Lipinski definition) is 0. The maximum Gasteiger partial charge on any atom is -0.00593 e. The van der Waals surface area contributed by atoms with Crippen molar-refractivity contribution in [1.82, 2.24) is 0 Å². The Morgan fingerprint density at radius 2 is 2.44 bits per heavy atom. The topological polar surface area (TPSA) is 0 Å². The van der Waals surface area contributed by atoms with Gasteiger partial charge in [0, 0.05) is 0 Å². The first-order valence-corrected chi connectivity index (χ1v) is 3.44. The van der Waals surface area contributed by atoms with Gasteiger partial charge in [-0.2, -0.15) is 0 Å². The molecule has 0 aromatic heterocycles. The lowest BCUT2D eigenvalue weighted by molar-refractivity contribution is 1.09. The Morgan fingerprint density at radius 3 is 2.89 bits per heavy atom. The van der Waals surface area contributed by atoms with Crippen molar-refractivity contribution in [3.63, 3.8) is 0 Å². The average molecular weight is 120 g/mol. The Hall–Kier alpha value is -0.740. The van der Waals surface area contributed by atoms with Crippen LogP contribution in [0.1, 0.15) is 26.7 Å². The van der Waals surface area contributed by atoms with Crippen molar-refractivity contribution in [1.29, 1.82) is 0 Å². The predicted octanol–water partition coefficient (Wildman–Crippen LogP) is 2.83. The molecule has 0 aliphatic heterocycles. The lowest BCUT2D eigenvalue weighted by atomic mass is 10.1. The fourth-order valence-electron chi connectivity index (χ4n) is 0.864. The molecule has 0 aromatic rings. The molecule has 1 rings (SSSR count). The monoisotopic (exact) mass is 120 g/mol. The van der Waals surface area contributed by atoms with Crippen LogP contribution in [0.25, 0.3) is 0 Å². The summed E-state index contributed by atoms with van der Waals surface area (Å²) >= 11 is 0. The van der Waals surface area contributed by atoms with Gasteiger partial charge in [0.25, 0.3) is 0 Å². The summed E-state index contributed by atoms with van der Waals surface area (Å²) in [4.78, 5) is 0. The third-order valence-electron chi connectivity index (χ3n) is 1.58. The van der Waals surface area contributed by atoms with E-state index in [1.54, 1.807) is 0 Å². The summed E-state index contributed by atoms with van der Waals surface area (Å²) in [5, 5.41) is 0. The van der Waals surface area contributed by atoms with Gasteiger partial charge in [-0.15, -0.1) is 5.73 Å². The second-order valence-electron chi connectivity index (χ2n) is 2.41. The van der Waals surface area contributed by atoms with Gasteiger partial charge in [0.1, 0.15) is 0 Å². The van der Waals surface area contributed by atoms with Gasteiger partial charge in [0.15, 0.2) is 0 Å². The van der Waals surface area contributed by atoms with Crippen LogP contribution in [0, 0.1) is 0 Å². The molecule has 0 heterocycles. The largest absolute Gasteiger partial charge is 0.121 e. The van der Waals surface area contributed by atoms with Crippen molar-refractivity contribution in [2.75, 3.05) is 0 Å². The molecule has 1 aliphatic carbocycles. The zero-order valence-electron chi connectivity index (χ0n) is 6.07. The molecule has 0 nitrogen and oxygen atoms in total. The van der Waals surface area contributed by atoms with Crippen LogP contribution in [0.3, 0.4) is 0 Å². The van der Waals surface area contributed by atoms with Crippen molar-refractivity contribution < 1.29 is 0 Å². The van der Waals surface area contributed by atoms with Crippen LogP contribution in [-0.4, -0.2) is 0 Å². The second kappa shape index (κ2) is 2.70. The Bertz CT molecular complexity index is 188. The van der Waals surface area contributed by atoms with Gasteiger partial charge >= 0.3 is 0 Å². The molecule has 1 aliphatic rings. The zero-order chi connectivity index (χ0) is 6.69. The molecule has 0 fully saturated rings. The summed E-state index contributed by atoms with van der Waals surface area (Å²) in [5.74, 6) is 0. The zero-order valence-corrected chi connectivity index (χ0v) is 6.07. The Labute approximate surface area is 56.6 Å². The molecular weight excluding hydrogens is 108 g/mol. The molecule has 0 aromatic carbocycles. The average Bonchev–Trinajstić information content (AvgIpc) is 1.90. The second-order valence-corrected chi connectivity index (χ2v) is 2.41. The third-order valence-corrected chi connectivity index (χ3v) is 1.58. The molecule has 0 bridgehead atoms. The van der Waals surface area contributed by atoms with Crippen LogP contribution >= 0.6 is 0 Å². The molecule has 9 heavy (non-hydrogen) atoms. The van der Waals surface area contributed by atoms with E-state index >= 15 is 0 Å². The van der Waals surface area contributed by atoms with E-state index in [1.807, 2.05) is 0 Å². The van der Waals surface area contributed by atoms with E-state index in [0.29, 0.717) is 0 Å². The summed E-state index contributed by atoms with van der Waals surface area (Å²) in [5.41, 5.74) is 5.96. The molecule has 0 spiro atoms. The van der Waals surface area contributed by atoms with E-state index in [-0.39, 0.29) is 0 Å². The minimum absolute atomic E-state index is 1.10. The van der Waals surface area contributed by atoms with Crippen molar-refractivity contribution in [2.45, 2.75) is 26.7 Å². The Balaban J connectivity index is 2.75. The lowest BCUT2D eigenvalue weighted by Crippen LogP contribution is -1.81. The highest BCUT2D eigenvalue weighted by Gasteiger charge is 1.92. The van der Waals surface area contributed by atoms with Crippen LogP contribution < -0.4 is 0 Å². The number of hydrogen-bond acceptors (Lipinski definition) is 0. The van der Waals surface area contributed by atoms with Crippen molar-refractivity contribution in [3.05, 3.63) is 29.0 Å². The van der Waals surface area contributed by atoms with E-state index in [0.717, 1.165) is 12.8 Å². The van der Waals surface area contributed by atoms with Gasteiger partial charge in [-0.25, -0.2) is 0 Å². The van der Waals surface area contributed by atoms with Gasteiger partial charge in [-0.1, -0.05) is 13.0 Å². The molecule has 0 unspecified atom stereocenters. The summed E-state index contributed by atoms with van der Waals surface area (Å²) in [7, 11) is 0. The van der Waals surface area contributed by atoms with Gasteiger partial charge in [0.05, 0.1) is 0 Å². The van der Waals surface area contributed by atoms with Gasteiger partial charge in [-0.05, 0) is 37.0 Å². The summed E-state index contributed by atoms with van der Waals surface area (Å²) < 4.78 is 0. The highest BCUT2D eigenvalue weighted by Crippen LogP contribution is 2.12. The van der Waals surface area contributed by atoms with Crippen LogP contribution in [0.4, 0.5) is 0 Å². The third kappa shape index (κ3) is 1.58. The lowest BCUT2D eigenvalue weighted by Gasteiger charge is -2.00. The summed E-state index contributed by atoms with van der Waals surface area (Å²) in [6.45, 7) is 4.28. The minimum Gasteiger partial charge on any atom is -0.121 e. The van der Waals surface area contributed by atoms with Crippen molar-refractivity contribution in [3.8, 4) is 0 Å². The first-order valence-electron chi connectivity index (χ1n) is 3.44. The van der Waals surface area contributed by atoms with Gasteiger partial charge in [0.2, 0.25) is 0 Å². The maximum absolute atomic E-state index is 3.21. The predicted molar refractivity (Wildman–Crippen MR) is 40.3 cm³/mol. The molecule has 0 radical (unpaired) electrons. The first kappa shape index (κ1) is 6.38. The van der Waals surface area contributed by atoms with Gasteiger partial charge in [-0.3, -0.25) is 0 Å². The maximum atomic E-state index is 3.21. The molecule has 0 saturated heterocycles. The SMILES string of the molecule is CCC1=CCC(C)=C=C1. The van der Waals surface area contributed by atoms with Crippen LogP contribution in [-0.2, 0) is 0 Å². The molecule has 0 amide bonds. The summed E-state index contributed by atoms with van der Waals surface area (Å²) in [6, 6.07) is 0. The van der Waals surface area contributed by atoms with E-state index in [9.17, 15) is 0 Å². The van der Waals surface area contributed by atoms with Crippen LogP contribution in [0.2, 0.25) is 0 Å². The molecule has 0 saturated carbocycles. The van der Waals surface area contributed by atoms with Crippen molar-refractivity contribution in [2.24, 2.45) is 0 Å². The normalized spacial score (nSPS) is 17.1. The molecule has 48 valence electrons. The van der Waals surface area contributed by atoms with E-state index in [2.05, 4.69) is 31.7 Å². The Morgan fingerprint density at radius 1 is 1.67 bits per heavy atom. The fourth-order valence-corrected chi connectivity index (χ4v) is 0.864. The highest BCUT2D eigenvalue weighted by atomic mass is 14.0.